The Kier molecular flexibility index (Phi) is 6.10. The first kappa shape index (κ1) is 23.4. The van der Waals surface area contributed by atoms with Crippen molar-refractivity contribution in [2.45, 2.75) is 24.9 Å². The molecular weight excluding hydrogens is 474 g/mol. The molecule has 2 saturated heterocycles. The molecule has 1 aromatic heterocycles. The monoisotopic (exact) mass is 507 g/mol. The SMILES string of the molecule is O=C(NC(c1ccccc1)C1CC1)c1ccc2[nH]nc(-c3ccc(N4CCN(C5COC5)CC4)cc3)c2c1. The average molecular weight is 508 g/mol. The molecule has 0 radical (unpaired) electrons. The number of rotatable bonds is 7. The summed E-state index contributed by atoms with van der Waals surface area (Å²) in [5.74, 6) is 0.478. The van der Waals surface area contributed by atoms with Crippen LogP contribution in [0.25, 0.3) is 22.2 Å². The molecule has 3 aliphatic rings. The van der Waals surface area contributed by atoms with Crippen LogP contribution >= 0.6 is 0 Å². The second-order valence-corrected chi connectivity index (χ2v) is 10.8. The van der Waals surface area contributed by atoms with Crippen molar-refractivity contribution in [3.8, 4) is 11.3 Å². The number of nitrogens with one attached hydrogen (secondary N) is 2. The highest BCUT2D eigenvalue weighted by molar-refractivity contribution is 6.01. The van der Waals surface area contributed by atoms with Gasteiger partial charge in [-0.2, -0.15) is 5.10 Å². The summed E-state index contributed by atoms with van der Waals surface area (Å²) in [7, 11) is 0. The molecule has 4 aromatic rings. The minimum Gasteiger partial charge on any atom is -0.378 e. The van der Waals surface area contributed by atoms with E-state index in [1.54, 1.807) is 0 Å². The van der Waals surface area contributed by atoms with E-state index in [-0.39, 0.29) is 11.9 Å². The molecule has 3 fully saturated rings. The summed E-state index contributed by atoms with van der Waals surface area (Å²) in [4.78, 5) is 18.3. The third kappa shape index (κ3) is 4.57. The Balaban J connectivity index is 1.08. The molecule has 1 aliphatic carbocycles. The molecule has 7 rings (SSSR count). The lowest BCUT2D eigenvalue weighted by molar-refractivity contribution is -0.0660. The van der Waals surface area contributed by atoms with Crippen LogP contribution in [0.2, 0.25) is 0 Å². The number of ether oxygens (including phenoxy) is 1. The van der Waals surface area contributed by atoms with E-state index in [1.807, 2.05) is 36.4 Å². The fourth-order valence-corrected chi connectivity index (χ4v) is 5.77. The number of H-pyrrole nitrogens is 1. The number of fused-ring (bicyclic) bond motifs is 1. The van der Waals surface area contributed by atoms with Gasteiger partial charge in [-0.05, 0) is 54.7 Å². The van der Waals surface area contributed by atoms with Gasteiger partial charge in [0.05, 0.1) is 36.5 Å². The topological polar surface area (TPSA) is 73.5 Å². The van der Waals surface area contributed by atoms with Crippen LogP contribution in [0, 0.1) is 5.92 Å². The Labute approximate surface area is 222 Å². The minimum absolute atomic E-state index is 0.0391. The zero-order valence-electron chi connectivity index (χ0n) is 21.5. The highest BCUT2D eigenvalue weighted by atomic mass is 16.5. The van der Waals surface area contributed by atoms with Gasteiger partial charge in [0.15, 0.2) is 0 Å². The van der Waals surface area contributed by atoms with Gasteiger partial charge in [0.2, 0.25) is 0 Å². The Morgan fingerprint density at radius 1 is 0.947 bits per heavy atom. The van der Waals surface area contributed by atoms with E-state index in [2.05, 4.69) is 61.7 Å². The van der Waals surface area contributed by atoms with Gasteiger partial charge >= 0.3 is 0 Å². The second kappa shape index (κ2) is 9.89. The van der Waals surface area contributed by atoms with E-state index in [0.29, 0.717) is 17.5 Å². The molecule has 38 heavy (non-hydrogen) atoms. The first-order valence-electron chi connectivity index (χ1n) is 13.7. The van der Waals surface area contributed by atoms with E-state index < -0.39 is 0 Å². The van der Waals surface area contributed by atoms with Gasteiger partial charge in [0, 0.05) is 48.4 Å². The molecule has 1 unspecified atom stereocenters. The van der Waals surface area contributed by atoms with E-state index in [4.69, 9.17) is 4.74 Å². The normalized spacial score (nSPS) is 19.3. The van der Waals surface area contributed by atoms with Crippen LogP contribution in [-0.4, -0.2) is 66.4 Å². The molecule has 0 spiro atoms. The number of benzene rings is 3. The van der Waals surface area contributed by atoms with Crippen molar-refractivity contribution in [1.29, 1.82) is 0 Å². The number of aromatic amines is 1. The molecule has 0 bridgehead atoms. The number of carbonyl (C=O) groups excluding carboxylic acids is 1. The molecule has 7 nitrogen and oxygen atoms in total. The maximum Gasteiger partial charge on any atom is 0.251 e. The predicted molar refractivity (Wildman–Crippen MR) is 149 cm³/mol. The number of hydrogen-bond acceptors (Lipinski definition) is 5. The first-order valence-corrected chi connectivity index (χ1v) is 13.7. The summed E-state index contributed by atoms with van der Waals surface area (Å²) in [5.41, 5.74) is 5.92. The molecule has 3 aromatic carbocycles. The number of aromatic nitrogens is 2. The molecule has 194 valence electrons. The summed E-state index contributed by atoms with van der Waals surface area (Å²) < 4.78 is 5.36. The van der Waals surface area contributed by atoms with Gasteiger partial charge in [0.25, 0.3) is 5.91 Å². The number of anilines is 1. The Hall–Kier alpha value is -3.68. The average Bonchev–Trinajstić information content (AvgIpc) is 3.70. The molecule has 7 heteroatoms. The number of hydrogen-bond donors (Lipinski definition) is 2. The van der Waals surface area contributed by atoms with Gasteiger partial charge < -0.3 is 15.0 Å². The number of carbonyl (C=O) groups is 1. The number of piperazine rings is 1. The molecule has 2 aliphatic heterocycles. The van der Waals surface area contributed by atoms with Crippen LogP contribution < -0.4 is 10.2 Å². The highest BCUT2D eigenvalue weighted by Crippen LogP contribution is 2.41. The number of amides is 1. The lowest BCUT2D eigenvalue weighted by Gasteiger charge is -2.43. The summed E-state index contributed by atoms with van der Waals surface area (Å²) in [6, 6.07) is 25.4. The van der Waals surface area contributed by atoms with Crippen LogP contribution in [0.5, 0.6) is 0 Å². The standard InChI is InChI=1S/C31H33N5O2/c37-31(32-29(22-6-7-22)21-4-2-1-3-5-21)24-10-13-28-27(18-24)30(34-33-28)23-8-11-25(12-9-23)35-14-16-36(17-15-35)26-19-38-20-26/h1-5,8-13,18,22,26,29H,6-7,14-17,19-20H2,(H,32,37)(H,33,34). The lowest BCUT2D eigenvalue weighted by atomic mass is 10.0. The third-order valence-electron chi connectivity index (χ3n) is 8.32. The summed E-state index contributed by atoms with van der Waals surface area (Å²) in [6.07, 6.45) is 2.32. The predicted octanol–water partition coefficient (Wildman–Crippen LogP) is 4.63. The molecular formula is C31H33N5O2. The maximum atomic E-state index is 13.3. The summed E-state index contributed by atoms with van der Waals surface area (Å²) in [5, 5.41) is 12.0. The van der Waals surface area contributed by atoms with Crippen molar-refractivity contribution < 1.29 is 9.53 Å². The van der Waals surface area contributed by atoms with E-state index in [1.165, 1.54) is 11.3 Å². The third-order valence-corrected chi connectivity index (χ3v) is 8.32. The molecule has 1 saturated carbocycles. The van der Waals surface area contributed by atoms with Crippen molar-refractivity contribution >= 4 is 22.5 Å². The van der Waals surface area contributed by atoms with Crippen molar-refractivity contribution in [2.24, 2.45) is 5.92 Å². The summed E-state index contributed by atoms with van der Waals surface area (Å²) >= 11 is 0. The lowest BCUT2D eigenvalue weighted by Crippen LogP contribution is -2.56. The van der Waals surface area contributed by atoms with Crippen molar-refractivity contribution in [3.05, 3.63) is 83.9 Å². The second-order valence-electron chi connectivity index (χ2n) is 10.8. The first-order chi connectivity index (χ1) is 18.7. The molecule has 2 N–H and O–H groups in total. The number of nitrogens with zero attached hydrogens (tertiary/aromatic N) is 3. The Morgan fingerprint density at radius 2 is 1.71 bits per heavy atom. The van der Waals surface area contributed by atoms with Gasteiger partial charge in [-0.15, -0.1) is 0 Å². The van der Waals surface area contributed by atoms with Gasteiger partial charge in [-0.3, -0.25) is 14.8 Å². The van der Waals surface area contributed by atoms with Crippen LogP contribution in [0.4, 0.5) is 5.69 Å². The fourth-order valence-electron chi connectivity index (χ4n) is 5.77. The smallest absolute Gasteiger partial charge is 0.251 e. The van der Waals surface area contributed by atoms with E-state index in [0.717, 1.165) is 74.4 Å². The highest BCUT2D eigenvalue weighted by Gasteiger charge is 2.33. The zero-order chi connectivity index (χ0) is 25.5. The fraction of sp³-hybridized carbons (Fsp3) is 0.355. The zero-order valence-corrected chi connectivity index (χ0v) is 21.5. The molecule has 1 amide bonds. The largest absolute Gasteiger partial charge is 0.378 e. The van der Waals surface area contributed by atoms with Crippen LogP contribution in [0.1, 0.15) is 34.8 Å². The Bertz CT molecular complexity index is 1420. The van der Waals surface area contributed by atoms with Crippen molar-refractivity contribution in [1.82, 2.24) is 20.4 Å². The maximum absolute atomic E-state index is 13.3. The van der Waals surface area contributed by atoms with E-state index >= 15 is 0 Å². The molecule has 3 heterocycles. The minimum atomic E-state index is -0.0391. The molecule has 1 atom stereocenters. The van der Waals surface area contributed by atoms with Crippen LogP contribution in [0.3, 0.4) is 0 Å². The Morgan fingerprint density at radius 3 is 2.39 bits per heavy atom. The van der Waals surface area contributed by atoms with Gasteiger partial charge in [-0.25, -0.2) is 0 Å². The van der Waals surface area contributed by atoms with Gasteiger partial charge in [-0.1, -0.05) is 42.5 Å². The quantitative estimate of drug-likeness (QED) is 0.382. The van der Waals surface area contributed by atoms with Gasteiger partial charge in [0.1, 0.15) is 0 Å². The van der Waals surface area contributed by atoms with E-state index in [9.17, 15) is 4.79 Å². The summed E-state index contributed by atoms with van der Waals surface area (Å²) in [6.45, 7) is 5.98. The van der Waals surface area contributed by atoms with Crippen molar-refractivity contribution in [3.63, 3.8) is 0 Å². The van der Waals surface area contributed by atoms with Crippen LogP contribution in [-0.2, 0) is 4.74 Å². The van der Waals surface area contributed by atoms with Crippen molar-refractivity contribution in [2.75, 3.05) is 44.3 Å². The van der Waals surface area contributed by atoms with Crippen LogP contribution in [0.15, 0.2) is 72.8 Å².